The molecule has 0 saturated carbocycles. The van der Waals surface area contributed by atoms with Gasteiger partial charge in [-0.05, 0) is 57.3 Å². The molecule has 8 heteroatoms. The van der Waals surface area contributed by atoms with E-state index in [1.54, 1.807) is 11.3 Å². The van der Waals surface area contributed by atoms with Crippen molar-refractivity contribution >= 4 is 23.2 Å². The van der Waals surface area contributed by atoms with E-state index in [1.807, 2.05) is 0 Å². The number of hydrogen-bond donors (Lipinski definition) is 5. The number of thiophene rings is 1. The van der Waals surface area contributed by atoms with Crippen LogP contribution in [0.4, 0.5) is 0 Å². The molecule has 0 fully saturated rings. The molecule has 0 spiro atoms. The third kappa shape index (κ3) is 9.54. The van der Waals surface area contributed by atoms with Crippen molar-refractivity contribution in [2.45, 2.75) is 44.6 Å². The summed E-state index contributed by atoms with van der Waals surface area (Å²) in [6, 6.07) is 3.62. The number of hydrogen-bond acceptors (Lipinski definition) is 6. The minimum absolute atomic E-state index is 0.0460. The fourth-order valence-corrected chi connectivity index (χ4v) is 3.35. The number of nitrogens with two attached hydrogens (primary N) is 3. The minimum atomic E-state index is -0.586. The first-order valence-electron chi connectivity index (χ1n) is 8.84. The summed E-state index contributed by atoms with van der Waals surface area (Å²) in [6.07, 6.45) is 5.01. The SMILES string of the molecule is NCCCC[C@H](N)C(=O)NCC(=O)NCCc1ccc(CCCN)s1. The number of amides is 2. The number of rotatable bonds is 13. The van der Waals surface area contributed by atoms with Crippen molar-refractivity contribution < 1.29 is 9.59 Å². The monoisotopic (exact) mass is 369 g/mol. The first kappa shape index (κ1) is 21.6. The standard InChI is InChI=1S/C17H31N5O2S/c18-9-2-1-5-15(20)17(24)22-12-16(23)21-11-8-14-7-6-13(25-14)4-3-10-19/h6-7,15H,1-5,8-12,18-20H2,(H,21,23)(H,22,24)/t15-/m0/s1. The second kappa shape index (κ2) is 12.8. The third-order valence-electron chi connectivity index (χ3n) is 3.77. The molecule has 0 aromatic carbocycles. The molecule has 1 atom stereocenters. The summed E-state index contributed by atoms with van der Waals surface area (Å²) in [5.74, 6) is -0.502. The van der Waals surface area contributed by atoms with Gasteiger partial charge in [0, 0.05) is 16.3 Å². The van der Waals surface area contributed by atoms with Crippen LogP contribution in [0, 0.1) is 0 Å². The zero-order chi connectivity index (χ0) is 18.5. The molecule has 0 saturated heterocycles. The van der Waals surface area contributed by atoms with E-state index in [2.05, 4.69) is 22.8 Å². The van der Waals surface area contributed by atoms with Crippen LogP contribution in [0.5, 0.6) is 0 Å². The average molecular weight is 370 g/mol. The van der Waals surface area contributed by atoms with Crippen molar-refractivity contribution in [2.24, 2.45) is 17.2 Å². The van der Waals surface area contributed by atoms with Crippen LogP contribution in [-0.4, -0.2) is 44.0 Å². The molecule has 7 nitrogen and oxygen atoms in total. The Hall–Kier alpha value is -1.48. The quantitative estimate of drug-likeness (QED) is 0.309. The number of nitrogens with one attached hydrogen (secondary N) is 2. The second-order valence-corrected chi connectivity index (χ2v) is 7.22. The Balaban J connectivity index is 2.15. The van der Waals surface area contributed by atoms with Gasteiger partial charge in [0.2, 0.25) is 11.8 Å². The average Bonchev–Trinajstić information content (AvgIpc) is 3.05. The Kier molecular flexibility index (Phi) is 11.1. The third-order valence-corrected chi connectivity index (χ3v) is 4.97. The molecule has 1 rings (SSSR count). The highest BCUT2D eigenvalue weighted by atomic mass is 32.1. The lowest BCUT2D eigenvalue weighted by atomic mass is 10.1. The molecule has 25 heavy (non-hydrogen) atoms. The van der Waals surface area contributed by atoms with Crippen LogP contribution in [-0.2, 0) is 22.4 Å². The van der Waals surface area contributed by atoms with E-state index in [-0.39, 0.29) is 18.4 Å². The van der Waals surface area contributed by atoms with Crippen LogP contribution < -0.4 is 27.8 Å². The van der Waals surface area contributed by atoms with Crippen molar-refractivity contribution in [3.05, 3.63) is 21.9 Å². The van der Waals surface area contributed by atoms with Gasteiger partial charge in [0.1, 0.15) is 0 Å². The van der Waals surface area contributed by atoms with Crippen LogP contribution in [0.25, 0.3) is 0 Å². The van der Waals surface area contributed by atoms with Gasteiger partial charge in [-0.3, -0.25) is 9.59 Å². The van der Waals surface area contributed by atoms with Gasteiger partial charge in [-0.15, -0.1) is 11.3 Å². The van der Waals surface area contributed by atoms with Crippen LogP contribution >= 0.6 is 11.3 Å². The zero-order valence-electron chi connectivity index (χ0n) is 14.8. The molecule has 0 aliphatic carbocycles. The summed E-state index contributed by atoms with van der Waals surface area (Å²) in [5, 5.41) is 5.37. The van der Waals surface area contributed by atoms with Crippen LogP contribution in [0.15, 0.2) is 12.1 Å². The first-order chi connectivity index (χ1) is 12.1. The van der Waals surface area contributed by atoms with E-state index in [1.165, 1.54) is 9.75 Å². The number of carbonyl (C=O) groups is 2. The fourth-order valence-electron chi connectivity index (χ4n) is 2.29. The Morgan fingerprint density at radius 2 is 1.68 bits per heavy atom. The summed E-state index contributed by atoms with van der Waals surface area (Å²) in [4.78, 5) is 26.1. The molecule has 0 radical (unpaired) electrons. The molecule has 1 heterocycles. The Labute approximate surface area is 153 Å². The van der Waals surface area contributed by atoms with E-state index in [0.717, 1.165) is 32.1 Å². The lowest BCUT2D eigenvalue weighted by Gasteiger charge is -2.12. The van der Waals surface area contributed by atoms with Crippen molar-refractivity contribution in [2.75, 3.05) is 26.2 Å². The lowest BCUT2D eigenvalue weighted by Crippen LogP contribution is -2.45. The van der Waals surface area contributed by atoms with Gasteiger partial charge < -0.3 is 27.8 Å². The maximum Gasteiger partial charge on any atom is 0.239 e. The van der Waals surface area contributed by atoms with Gasteiger partial charge in [0.15, 0.2) is 0 Å². The predicted molar refractivity (Wildman–Crippen MR) is 102 cm³/mol. The molecule has 1 aromatic rings. The highest BCUT2D eigenvalue weighted by Gasteiger charge is 2.13. The highest BCUT2D eigenvalue weighted by Crippen LogP contribution is 2.18. The Morgan fingerprint density at radius 1 is 1.00 bits per heavy atom. The van der Waals surface area contributed by atoms with Crippen molar-refractivity contribution in [1.29, 1.82) is 0 Å². The molecule has 2 amide bonds. The molecule has 0 bridgehead atoms. The molecule has 8 N–H and O–H groups in total. The van der Waals surface area contributed by atoms with Gasteiger partial charge in [0.05, 0.1) is 12.6 Å². The predicted octanol–water partition coefficient (Wildman–Crippen LogP) is -0.129. The summed E-state index contributed by atoms with van der Waals surface area (Å²) in [5.41, 5.74) is 16.7. The molecular weight excluding hydrogens is 338 g/mol. The molecule has 0 aliphatic heterocycles. The molecular formula is C17H31N5O2S. The van der Waals surface area contributed by atoms with E-state index < -0.39 is 6.04 Å². The lowest BCUT2D eigenvalue weighted by molar-refractivity contribution is -0.126. The van der Waals surface area contributed by atoms with E-state index >= 15 is 0 Å². The first-order valence-corrected chi connectivity index (χ1v) is 9.66. The maximum absolute atomic E-state index is 11.8. The topological polar surface area (TPSA) is 136 Å². The van der Waals surface area contributed by atoms with Gasteiger partial charge in [-0.1, -0.05) is 6.42 Å². The van der Waals surface area contributed by atoms with E-state index in [4.69, 9.17) is 17.2 Å². The van der Waals surface area contributed by atoms with Gasteiger partial charge >= 0.3 is 0 Å². The largest absolute Gasteiger partial charge is 0.354 e. The van der Waals surface area contributed by atoms with Crippen molar-refractivity contribution in [3.8, 4) is 0 Å². The molecule has 0 unspecified atom stereocenters. The van der Waals surface area contributed by atoms with Crippen molar-refractivity contribution in [3.63, 3.8) is 0 Å². The van der Waals surface area contributed by atoms with Gasteiger partial charge in [-0.25, -0.2) is 0 Å². The summed E-state index contributed by atoms with van der Waals surface area (Å²) in [6.45, 7) is 1.80. The maximum atomic E-state index is 11.8. The number of aryl methyl sites for hydroxylation is 1. The second-order valence-electron chi connectivity index (χ2n) is 5.97. The highest BCUT2D eigenvalue weighted by molar-refractivity contribution is 7.11. The van der Waals surface area contributed by atoms with Gasteiger partial charge in [-0.2, -0.15) is 0 Å². The molecule has 142 valence electrons. The molecule has 1 aromatic heterocycles. The Morgan fingerprint density at radius 3 is 2.36 bits per heavy atom. The van der Waals surface area contributed by atoms with Gasteiger partial charge in [0.25, 0.3) is 0 Å². The smallest absolute Gasteiger partial charge is 0.239 e. The summed E-state index contributed by atoms with van der Waals surface area (Å²) >= 11 is 1.75. The van der Waals surface area contributed by atoms with Crippen LogP contribution in [0.1, 0.15) is 35.4 Å². The number of unbranched alkanes of at least 4 members (excludes halogenated alkanes) is 1. The number of carbonyl (C=O) groups excluding carboxylic acids is 2. The fraction of sp³-hybridized carbons (Fsp3) is 0.647. The van der Waals surface area contributed by atoms with E-state index in [0.29, 0.717) is 26.1 Å². The normalized spacial score (nSPS) is 12.0. The summed E-state index contributed by atoms with van der Waals surface area (Å²) in [7, 11) is 0. The van der Waals surface area contributed by atoms with Crippen LogP contribution in [0.2, 0.25) is 0 Å². The Bertz CT molecular complexity index is 521. The van der Waals surface area contributed by atoms with Crippen molar-refractivity contribution in [1.82, 2.24) is 10.6 Å². The van der Waals surface area contributed by atoms with E-state index in [9.17, 15) is 9.59 Å². The van der Waals surface area contributed by atoms with Crippen LogP contribution in [0.3, 0.4) is 0 Å². The molecule has 0 aliphatic rings. The summed E-state index contributed by atoms with van der Waals surface area (Å²) < 4.78 is 0. The zero-order valence-corrected chi connectivity index (χ0v) is 15.6. The minimum Gasteiger partial charge on any atom is -0.354 e.